The van der Waals surface area contributed by atoms with Crippen LogP contribution in [0, 0.1) is 5.92 Å². The molecule has 138 valence electrons. The number of rotatable bonds is 3. The lowest BCUT2D eigenvalue weighted by molar-refractivity contribution is -0.118. The Morgan fingerprint density at radius 3 is 2.68 bits per heavy atom. The Hall–Kier alpha value is -1.95. The Morgan fingerprint density at radius 1 is 1.20 bits per heavy atom. The maximum Gasteiger partial charge on any atom is 0.410 e. The van der Waals surface area contributed by atoms with Crippen molar-refractivity contribution in [1.82, 2.24) is 4.90 Å². The van der Waals surface area contributed by atoms with Gasteiger partial charge in [-0.25, -0.2) is 4.79 Å². The summed E-state index contributed by atoms with van der Waals surface area (Å²) < 4.78 is 15.9. The molecule has 2 aliphatic rings. The summed E-state index contributed by atoms with van der Waals surface area (Å²) >= 11 is 0. The molecule has 1 aliphatic heterocycles. The van der Waals surface area contributed by atoms with E-state index in [1.165, 1.54) is 7.11 Å². The largest absolute Gasteiger partial charge is 0.497 e. The summed E-state index contributed by atoms with van der Waals surface area (Å²) in [6.45, 7) is 0.463. The molecule has 1 aromatic rings. The third-order valence-electron chi connectivity index (χ3n) is 5.73. The summed E-state index contributed by atoms with van der Waals surface area (Å²) in [6.07, 6.45) is 3.92. The number of hydrogen-bond acceptors (Lipinski definition) is 5. The van der Waals surface area contributed by atoms with E-state index in [-0.39, 0.29) is 18.1 Å². The SMILES string of the molecule is COC(=O)N1CC[C@@]2(O)CCCC[C@H]2[C@@H]1c1cc(OC)ccc1OC. The smallest absolute Gasteiger partial charge is 0.410 e. The van der Waals surface area contributed by atoms with Crippen molar-refractivity contribution >= 4 is 6.09 Å². The van der Waals surface area contributed by atoms with E-state index in [2.05, 4.69) is 0 Å². The highest BCUT2D eigenvalue weighted by Gasteiger charge is 2.51. The molecule has 1 N–H and O–H groups in total. The summed E-state index contributed by atoms with van der Waals surface area (Å²) in [5.74, 6) is 1.34. The zero-order chi connectivity index (χ0) is 18.0. The molecule has 1 saturated heterocycles. The van der Waals surface area contributed by atoms with Crippen molar-refractivity contribution in [3.63, 3.8) is 0 Å². The summed E-state index contributed by atoms with van der Waals surface area (Å²) in [4.78, 5) is 14.2. The van der Waals surface area contributed by atoms with Crippen LogP contribution in [-0.2, 0) is 4.74 Å². The molecule has 1 saturated carbocycles. The highest BCUT2D eigenvalue weighted by atomic mass is 16.5. The van der Waals surface area contributed by atoms with Crippen LogP contribution < -0.4 is 9.47 Å². The minimum atomic E-state index is -0.748. The van der Waals surface area contributed by atoms with Crippen LogP contribution >= 0.6 is 0 Å². The maximum atomic E-state index is 12.4. The van der Waals surface area contributed by atoms with Crippen LogP contribution in [0.15, 0.2) is 18.2 Å². The zero-order valence-electron chi connectivity index (χ0n) is 15.2. The summed E-state index contributed by atoms with van der Waals surface area (Å²) in [6, 6.07) is 5.29. The minimum absolute atomic E-state index is 0.0462. The third kappa shape index (κ3) is 3.15. The molecule has 6 nitrogen and oxygen atoms in total. The van der Waals surface area contributed by atoms with Gasteiger partial charge in [0.05, 0.1) is 33.0 Å². The lowest BCUT2D eigenvalue weighted by atomic mass is 9.66. The van der Waals surface area contributed by atoms with Crippen LogP contribution in [-0.4, -0.2) is 49.6 Å². The Morgan fingerprint density at radius 2 is 2.00 bits per heavy atom. The Labute approximate surface area is 148 Å². The summed E-state index contributed by atoms with van der Waals surface area (Å²) in [5.41, 5.74) is 0.110. The highest BCUT2D eigenvalue weighted by Crippen LogP contribution is 2.51. The number of aliphatic hydroxyl groups is 1. The second kappa shape index (κ2) is 7.12. The van der Waals surface area contributed by atoms with Gasteiger partial charge in [-0.3, -0.25) is 0 Å². The van der Waals surface area contributed by atoms with Gasteiger partial charge in [0, 0.05) is 18.0 Å². The predicted molar refractivity (Wildman–Crippen MR) is 92.9 cm³/mol. The van der Waals surface area contributed by atoms with Crippen LogP contribution in [0.3, 0.4) is 0 Å². The molecule has 3 atom stereocenters. The van der Waals surface area contributed by atoms with Crippen molar-refractivity contribution in [3.8, 4) is 11.5 Å². The Bertz CT molecular complexity index is 634. The maximum absolute atomic E-state index is 12.4. The number of nitrogens with zero attached hydrogens (tertiary/aromatic N) is 1. The fourth-order valence-corrected chi connectivity index (χ4v) is 4.46. The van der Waals surface area contributed by atoms with Crippen molar-refractivity contribution in [2.24, 2.45) is 5.92 Å². The predicted octanol–water partition coefficient (Wildman–Crippen LogP) is 3.14. The van der Waals surface area contributed by atoms with E-state index in [0.717, 1.165) is 31.2 Å². The number of carbonyl (C=O) groups is 1. The normalized spacial score (nSPS) is 28.9. The number of ether oxygens (including phenoxy) is 3. The molecule has 1 aliphatic carbocycles. The first-order chi connectivity index (χ1) is 12.0. The van der Waals surface area contributed by atoms with Gasteiger partial charge in [-0.05, 0) is 37.5 Å². The topological polar surface area (TPSA) is 68.2 Å². The number of methoxy groups -OCH3 is 3. The van der Waals surface area contributed by atoms with E-state index in [4.69, 9.17) is 14.2 Å². The van der Waals surface area contributed by atoms with E-state index in [1.54, 1.807) is 19.1 Å². The standard InChI is InChI=1S/C19H27NO5/c1-23-13-7-8-16(24-2)14(12-13)17-15-6-4-5-9-19(15,22)10-11-20(17)18(21)25-3/h7-8,12,15,17,22H,4-6,9-11H2,1-3H3/t15-,17-,19-/m0/s1. The van der Waals surface area contributed by atoms with Gasteiger partial charge in [0.15, 0.2) is 0 Å². The molecule has 1 heterocycles. The molecule has 3 rings (SSSR count). The van der Waals surface area contributed by atoms with Gasteiger partial charge in [-0.1, -0.05) is 12.8 Å². The molecule has 0 bridgehead atoms. The van der Waals surface area contributed by atoms with Crippen molar-refractivity contribution < 1.29 is 24.1 Å². The summed E-state index contributed by atoms with van der Waals surface area (Å²) in [7, 11) is 4.62. The van der Waals surface area contributed by atoms with Crippen molar-refractivity contribution in [3.05, 3.63) is 23.8 Å². The molecule has 0 aromatic heterocycles. The Balaban J connectivity index is 2.10. The van der Waals surface area contributed by atoms with Gasteiger partial charge in [0.1, 0.15) is 11.5 Å². The van der Waals surface area contributed by atoms with E-state index in [9.17, 15) is 9.90 Å². The third-order valence-corrected chi connectivity index (χ3v) is 5.73. The molecule has 2 fully saturated rings. The van der Waals surface area contributed by atoms with Crippen LogP contribution in [0.25, 0.3) is 0 Å². The molecular weight excluding hydrogens is 322 g/mol. The van der Waals surface area contributed by atoms with E-state index >= 15 is 0 Å². The van der Waals surface area contributed by atoms with Gasteiger partial charge in [0.2, 0.25) is 0 Å². The Kier molecular flexibility index (Phi) is 5.08. The van der Waals surface area contributed by atoms with Crippen molar-refractivity contribution in [1.29, 1.82) is 0 Å². The van der Waals surface area contributed by atoms with E-state index < -0.39 is 5.60 Å². The number of piperidine rings is 1. The molecule has 1 aromatic carbocycles. The van der Waals surface area contributed by atoms with Gasteiger partial charge in [-0.2, -0.15) is 0 Å². The molecular formula is C19H27NO5. The zero-order valence-corrected chi connectivity index (χ0v) is 15.2. The molecule has 6 heteroatoms. The van der Waals surface area contributed by atoms with Crippen LogP contribution in [0.2, 0.25) is 0 Å². The first-order valence-corrected chi connectivity index (χ1v) is 8.83. The number of likely N-dealkylation sites (tertiary alicyclic amines) is 1. The molecule has 0 unspecified atom stereocenters. The molecule has 0 radical (unpaired) electrons. The van der Waals surface area contributed by atoms with Gasteiger partial charge >= 0.3 is 6.09 Å². The average Bonchev–Trinajstić information content (AvgIpc) is 2.65. The second-order valence-corrected chi connectivity index (χ2v) is 6.92. The van der Waals surface area contributed by atoms with E-state index in [1.807, 2.05) is 18.2 Å². The number of amides is 1. The first kappa shape index (κ1) is 17.9. The molecule has 1 amide bonds. The van der Waals surface area contributed by atoms with Gasteiger partial charge in [-0.15, -0.1) is 0 Å². The van der Waals surface area contributed by atoms with Crippen molar-refractivity contribution in [2.75, 3.05) is 27.9 Å². The summed E-state index contributed by atoms with van der Waals surface area (Å²) in [5, 5.41) is 11.2. The van der Waals surface area contributed by atoms with Crippen LogP contribution in [0.4, 0.5) is 4.79 Å². The molecule has 25 heavy (non-hydrogen) atoms. The quantitative estimate of drug-likeness (QED) is 0.908. The number of hydrogen-bond donors (Lipinski definition) is 1. The fourth-order valence-electron chi connectivity index (χ4n) is 4.46. The average molecular weight is 349 g/mol. The fraction of sp³-hybridized carbons (Fsp3) is 0.632. The van der Waals surface area contributed by atoms with E-state index in [0.29, 0.717) is 24.5 Å². The second-order valence-electron chi connectivity index (χ2n) is 6.92. The monoisotopic (exact) mass is 349 g/mol. The highest BCUT2D eigenvalue weighted by molar-refractivity contribution is 5.69. The lowest BCUT2D eigenvalue weighted by Gasteiger charge is -2.52. The van der Waals surface area contributed by atoms with Crippen LogP contribution in [0.1, 0.15) is 43.7 Å². The first-order valence-electron chi connectivity index (χ1n) is 8.83. The molecule has 0 spiro atoms. The number of benzene rings is 1. The van der Waals surface area contributed by atoms with Gasteiger partial charge in [0.25, 0.3) is 0 Å². The number of fused-ring (bicyclic) bond motifs is 1. The van der Waals surface area contributed by atoms with Gasteiger partial charge < -0.3 is 24.2 Å². The van der Waals surface area contributed by atoms with Crippen LogP contribution in [0.5, 0.6) is 11.5 Å². The number of carbonyl (C=O) groups excluding carboxylic acids is 1. The lowest BCUT2D eigenvalue weighted by Crippen LogP contribution is -2.56. The van der Waals surface area contributed by atoms with Crippen molar-refractivity contribution in [2.45, 2.75) is 43.7 Å². The minimum Gasteiger partial charge on any atom is -0.497 e.